The van der Waals surface area contributed by atoms with Gasteiger partial charge in [0.15, 0.2) is 0 Å². The Bertz CT molecular complexity index is 967. The van der Waals surface area contributed by atoms with Crippen molar-refractivity contribution in [3.8, 4) is 0 Å². The third kappa shape index (κ3) is 5.41. The van der Waals surface area contributed by atoms with Crippen molar-refractivity contribution < 1.29 is 22.8 Å². The summed E-state index contributed by atoms with van der Waals surface area (Å²) in [5, 5.41) is 2.87. The van der Waals surface area contributed by atoms with Crippen LogP contribution in [0.1, 0.15) is 35.3 Å². The van der Waals surface area contributed by atoms with Crippen LogP contribution in [0.4, 0.5) is 18.9 Å². The maximum absolute atomic E-state index is 13.2. The lowest BCUT2D eigenvalue weighted by Crippen LogP contribution is -2.56. The van der Waals surface area contributed by atoms with Crippen LogP contribution in [0.2, 0.25) is 0 Å². The van der Waals surface area contributed by atoms with Gasteiger partial charge in [0.1, 0.15) is 6.04 Å². The first kappa shape index (κ1) is 23.6. The molecule has 2 amide bonds. The highest BCUT2D eigenvalue weighted by molar-refractivity contribution is 5.98. The largest absolute Gasteiger partial charge is 0.416 e. The molecular weight excluding hydrogens is 419 g/mol. The second-order valence-corrected chi connectivity index (χ2v) is 8.37. The maximum atomic E-state index is 13.2. The van der Waals surface area contributed by atoms with E-state index in [1.165, 1.54) is 6.07 Å². The van der Waals surface area contributed by atoms with Gasteiger partial charge in [-0.15, -0.1) is 0 Å². The topological polar surface area (TPSA) is 52.7 Å². The zero-order chi connectivity index (χ0) is 23.5. The number of piperazine rings is 1. The van der Waals surface area contributed by atoms with Gasteiger partial charge < -0.3 is 15.1 Å². The molecule has 1 heterocycles. The Labute approximate surface area is 186 Å². The minimum absolute atomic E-state index is 0.114. The summed E-state index contributed by atoms with van der Waals surface area (Å²) in [4.78, 5) is 29.4. The average molecular weight is 448 g/mol. The molecule has 0 radical (unpaired) electrons. The molecule has 0 saturated carbocycles. The van der Waals surface area contributed by atoms with Gasteiger partial charge in [0.2, 0.25) is 5.91 Å². The molecule has 3 rings (SSSR count). The monoisotopic (exact) mass is 447 g/mol. The molecule has 0 aromatic heterocycles. The number of nitrogens with zero attached hydrogens (tertiary/aromatic N) is 2. The molecule has 1 aliphatic rings. The van der Waals surface area contributed by atoms with Gasteiger partial charge in [-0.05, 0) is 42.7 Å². The van der Waals surface area contributed by atoms with Gasteiger partial charge in [-0.3, -0.25) is 9.59 Å². The molecule has 0 spiro atoms. The number of hydrogen-bond acceptors (Lipinski definition) is 3. The molecule has 32 heavy (non-hydrogen) atoms. The first-order valence-corrected chi connectivity index (χ1v) is 10.7. The van der Waals surface area contributed by atoms with Crippen LogP contribution in [-0.4, -0.2) is 48.9 Å². The molecule has 1 atom stereocenters. The van der Waals surface area contributed by atoms with Crippen LogP contribution in [0, 0.1) is 12.8 Å². The number of alkyl halides is 3. The van der Waals surface area contributed by atoms with Crippen molar-refractivity contribution in [3.63, 3.8) is 0 Å². The number of carbonyl (C=O) groups is 2. The fourth-order valence-corrected chi connectivity index (χ4v) is 3.82. The van der Waals surface area contributed by atoms with E-state index in [1.54, 1.807) is 23.1 Å². The number of benzene rings is 2. The number of carbonyl (C=O) groups excluding carboxylic acids is 2. The van der Waals surface area contributed by atoms with Gasteiger partial charge in [-0.2, -0.15) is 13.2 Å². The van der Waals surface area contributed by atoms with E-state index in [0.29, 0.717) is 37.4 Å². The number of rotatable bonds is 5. The summed E-state index contributed by atoms with van der Waals surface area (Å²) >= 11 is 0. The summed E-state index contributed by atoms with van der Waals surface area (Å²) in [7, 11) is 0. The first-order chi connectivity index (χ1) is 15.1. The normalized spacial score (nSPS) is 15.6. The predicted molar refractivity (Wildman–Crippen MR) is 118 cm³/mol. The molecule has 1 fully saturated rings. The Kier molecular flexibility index (Phi) is 7.11. The quantitative estimate of drug-likeness (QED) is 0.750. The number of aryl methyl sites for hydroxylation is 1. The van der Waals surface area contributed by atoms with Gasteiger partial charge in [0.05, 0.1) is 5.56 Å². The van der Waals surface area contributed by atoms with E-state index in [9.17, 15) is 22.8 Å². The van der Waals surface area contributed by atoms with Crippen molar-refractivity contribution >= 4 is 17.5 Å². The zero-order valence-corrected chi connectivity index (χ0v) is 18.4. The summed E-state index contributed by atoms with van der Waals surface area (Å²) in [5.41, 5.74) is 1.16. The van der Waals surface area contributed by atoms with Crippen molar-refractivity contribution in [2.75, 3.05) is 31.1 Å². The zero-order valence-electron chi connectivity index (χ0n) is 18.4. The minimum atomic E-state index is -4.40. The highest BCUT2D eigenvalue weighted by atomic mass is 19.4. The van der Waals surface area contributed by atoms with Crippen LogP contribution in [0.3, 0.4) is 0 Å². The maximum Gasteiger partial charge on any atom is 0.416 e. The number of hydrogen-bond donors (Lipinski definition) is 1. The lowest BCUT2D eigenvalue weighted by atomic mass is 10.0. The summed E-state index contributed by atoms with van der Waals surface area (Å²) in [6.45, 7) is 7.18. The fraction of sp³-hybridized carbons (Fsp3) is 0.417. The van der Waals surface area contributed by atoms with E-state index in [2.05, 4.69) is 5.32 Å². The Hall–Kier alpha value is -3.03. The Morgan fingerprint density at radius 3 is 2.22 bits per heavy atom. The van der Waals surface area contributed by atoms with Crippen LogP contribution in [0.25, 0.3) is 0 Å². The first-order valence-electron chi connectivity index (χ1n) is 10.7. The molecular formula is C24H28F3N3O2. The van der Waals surface area contributed by atoms with Crippen molar-refractivity contribution in [2.45, 2.75) is 33.0 Å². The van der Waals surface area contributed by atoms with E-state index < -0.39 is 17.8 Å². The van der Waals surface area contributed by atoms with Gasteiger partial charge in [-0.25, -0.2) is 0 Å². The second-order valence-electron chi connectivity index (χ2n) is 8.37. The molecule has 8 heteroatoms. The van der Waals surface area contributed by atoms with Crippen molar-refractivity contribution in [2.24, 2.45) is 5.92 Å². The van der Waals surface area contributed by atoms with Gasteiger partial charge in [0.25, 0.3) is 5.91 Å². The van der Waals surface area contributed by atoms with Crippen LogP contribution >= 0.6 is 0 Å². The lowest BCUT2D eigenvalue weighted by molar-refractivity contribution is -0.137. The Morgan fingerprint density at radius 1 is 0.969 bits per heavy atom. The Balaban J connectivity index is 1.65. The van der Waals surface area contributed by atoms with Gasteiger partial charge in [-0.1, -0.05) is 38.1 Å². The van der Waals surface area contributed by atoms with Crippen LogP contribution in [0.15, 0.2) is 48.5 Å². The molecule has 2 aromatic carbocycles. The summed E-state index contributed by atoms with van der Waals surface area (Å²) in [5.74, 6) is -0.583. The second kappa shape index (κ2) is 9.63. The van der Waals surface area contributed by atoms with E-state index in [1.807, 2.05) is 37.8 Å². The number of halogens is 3. The van der Waals surface area contributed by atoms with Crippen molar-refractivity contribution in [1.82, 2.24) is 10.2 Å². The summed E-state index contributed by atoms with van der Waals surface area (Å²) in [6.07, 6.45) is -4.40. The third-order valence-corrected chi connectivity index (χ3v) is 5.74. The minimum Gasteiger partial charge on any atom is -0.368 e. The van der Waals surface area contributed by atoms with Crippen LogP contribution < -0.4 is 10.2 Å². The van der Waals surface area contributed by atoms with Crippen LogP contribution in [0.5, 0.6) is 0 Å². The number of anilines is 1. The molecule has 1 saturated heterocycles. The molecule has 0 unspecified atom stereocenters. The molecule has 172 valence electrons. The van der Waals surface area contributed by atoms with Crippen molar-refractivity contribution in [1.29, 1.82) is 0 Å². The molecule has 1 aliphatic heterocycles. The molecule has 0 bridgehead atoms. The van der Waals surface area contributed by atoms with Crippen LogP contribution in [-0.2, 0) is 11.0 Å². The standard InChI is InChI=1S/C24H28F3N3O2/c1-16(2)21(28-22(31)20-10-5-4-7-17(20)3)23(32)30-13-11-29(12-14-30)19-9-6-8-18(15-19)24(25,26)27/h4-10,15-16,21H,11-14H2,1-3H3,(H,28,31)/t21-/m0/s1. The lowest BCUT2D eigenvalue weighted by Gasteiger charge is -2.38. The third-order valence-electron chi connectivity index (χ3n) is 5.74. The summed E-state index contributed by atoms with van der Waals surface area (Å²) < 4.78 is 39.0. The highest BCUT2D eigenvalue weighted by Gasteiger charge is 2.33. The van der Waals surface area contributed by atoms with E-state index in [0.717, 1.165) is 17.7 Å². The number of amides is 2. The molecule has 2 aromatic rings. The van der Waals surface area contributed by atoms with E-state index >= 15 is 0 Å². The molecule has 5 nitrogen and oxygen atoms in total. The predicted octanol–water partition coefficient (Wildman–Crippen LogP) is 4.12. The van der Waals surface area contributed by atoms with Gasteiger partial charge >= 0.3 is 6.18 Å². The van der Waals surface area contributed by atoms with Gasteiger partial charge in [0, 0.05) is 37.4 Å². The highest BCUT2D eigenvalue weighted by Crippen LogP contribution is 2.32. The number of nitrogens with one attached hydrogen (secondary N) is 1. The van der Waals surface area contributed by atoms with Crippen molar-refractivity contribution in [3.05, 3.63) is 65.2 Å². The summed E-state index contributed by atoms with van der Waals surface area (Å²) in [6, 6.07) is 11.7. The molecule has 0 aliphatic carbocycles. The Morgan fingerprint density at radius 2 is 1.62 bits per heavy atom. The average Bonchev–Trinajstić information content (AvgIpc) is 2.76. The SMILES string of the molecule is Cc1ccccc1C(=O)N[C@H](C(=O)N1CCN(c2cccc(C(F)(F)F)c2)CC1)C(C)C. The van der Waals surface area contributed by atoms with E-state index in [4.69, 9.17) is 0 Å². The smallest absolute Gasteiger partial charge is 0.368 e. The molecule has 1 N–H and O–H groups in total. The van der Waals surface area contributed by atoms with E-state index in [-0.39, 0.29) is 17.7 Å². The fourth-order valence-electron chi connectivity index (χ4n) is 3.82.